The van der Waals surface area contributed by atoms with Gasteiger partial charge >= 0.3 is 0 Å². The van der Waals surface area contributed by atoms with Crippen LogP contribution in [-0.4, -0.2) is 14.6 Å². The second-order valence-electron chi connectivity index (χ2n) is 1.61. The van der Waals surface area contributed by atoms with Gasteiger partial charge in [0.15, 0.2) is 5.65 Å². The van der Waals surface area contributed by atoms with E-state index in [1.807, 2.05) is 0 Å². The van der Waals surface area contributed by atoms with E-state index in [9.17, 15) is 0 Å². The highest BCUT2D eigenvalue weighted by Crippen LogP contribution is 2.05. The number of hydrogen-bond donors (Lipinski definition) is 0. The van der Waals surface area contributed by atoms with Crippen molar-refractivity contribution in [1.29, 1.82) is 0 Å². The van der Waals surface area contributed by atoms with Crippen LogP contribution < -0.4 is 0 Å². The Hall–Kier alpha value is -0.900. The van der Waals surface area contributed by atoms with Crippen molar-refractivity contribution < 1.29 is 5.48 Å². The van der Waals surface area contributed by atoms with Crippen LogP contribution in [0.4, 0.5) is 0 Å². The molecule has 0 N–H and O–H groups in total. The standard InChI is InChI=1S/C6H4BrN3/c7-5-1-2-6-8-3-4-10(6)9-5/h1-4H/i1D,2D,3D,4D. The summed E-state index contributed by atoms with van der Waals surface area (Å²) in [6, 6.07) is -0.235. The van der Waals surface area contributed by atoms with E-state index in [1.54, 1.807) is 0 Å². The minimum atomic E-state index is -0.247. The van der Waals surface area contributed by atoms with Crippen LogP contribution in [-0.2, 0) is 0 Å². The molecule has 10 heavy (non-hydrogen) atoms. The average molecular weight is 202 g/mol. The highest BCUT2D eigenvalue weighted by Gasteiger charge is 1.92. The fourth-order valence-electron chi connectivity index (χ4n) is 0.599. The van der Waals surface area contributed by atoms with Crippen LogP contribution in [0, 0.1) is 0 Å². The summed E-state index contributed by atoms with van der Waals surface area (Å²) in [5, 5.41) is 3.81. The topological polar surface area (TPSA) is 30.2 Å². The van der Waals surface area contributed by atoms with Gasteiger partial charge < -0.3 is 0 Å². The molecule has 0 spiro atoms. The maximum Gasteiger partial charge on any atom is 0.153 e. The summed E-state index contributed by atoms with van der Waals surface area (Å²) in [5.41, 5.74) is 0.0631. The van der Waals surface area contributed by atoms with Crippen LogP contribution in [0.1, 0.15) is 5.48 Å². The lowest BCUT2D eigenvalue weighted by molar-refractivity contribution is 0.916. The lowest BCUT2D eigenvalue weighted by Gasteiger charge is -1.90. The summed E-state index contributed by atoms with van der Waals surface area (Å²) in [5.74, 6) is 0. The van der Waals surface area contributed by atoms with Crippen molar-refractivity contribution in [1.82, 2.24) is 14.6 Å². The summed E-state index contributed by atoms with van der Waals surface area (Å²) < 4.78 is 30.9. The molecule has 0 unspecified atom stereocenters. The molecule has 0 bridgehead atoms. The van der Waals surface area contributed by atoms with E-state index < -0.39 is 0 Å². The Morgan fingerprint density at radius 1 is 1.60 bits per heavy atom. The monoisotopic (exact) mass is 201 g/mol. The Morgan fingerprint density at radius 2 is 2.50 bits per heavy atom. The first-order chi connectivity index (χ1) is 6.52. The van der Waals surface area contributed by atoms with Crippen molar-refractivity contribution in [2.24, 2.45) is 0 Å². The van der Waals surface area contributed by atoms with Gasteiger partial charge in [-0.1, -0.05) is 0 Å². The predicted molar refractivity (Wildman–Crippen MR) is 40.7 cm³/mol. The van der Waals surface area contributed by atoms with Crippen LogP contribution >= 0.6 is 15.9 Å². The zero-order chi connectivity index (χ0) is 10.5. The molecule has 50 valence electrons. The van der Waals surface area contributed by atoms with Gasteiger partial charge in [0.25, 0.3) is 0 Å². The van der Waals surface area contributed by atoms with Crippen molar-refractivity contribution in [2.45, 2.75) is 0 Å². The number of imidazole rings is 1. The fourth-order valence-corrected chi connectivity index (χ4v) is 0.857. The van der Waals surface area contributed by atoms with Gasteiger partial charge in [-0.25, -0.2) is 9.50 Å². The van der Waals surface area contributed by atoms with Crippen molar-refractivity contribution >= 4 is 21.6 Å². The number of rotatable bonds is 0. The molecule has 0 atom stereocenters. The second-order valence-corrected chi connectivity index (χ2v) is 2.36. The summed E-state index contributed by atoms with van der Waals surface area (Å²) in [4.78, 5) is 3.67. The predicted octanol–water partition coefficient (Wildman–Crippen LogP) is 1.49. The molecular weight excluding hydrogens is 194 g/mol. The molecule has 2 heterocycles. The maximum atomic E-state index is 7.53. The van der Waals surface area contributed by atoms with Gasteiger partial charge in [0.2, 0.25) is 0 Å². The molecule has 0 aromatic carbocycles. The highest BCUT2D eigenvalue weighted by molar-refractivity contribution is 9.10. The van der Waals surface area contributed by atoms with E-state index >= 15 is 0 Å². The zero-order valence-electron chi connectivity index (χ0n) is 8.72. The summed E-state index contributed by atoms with van der Waals surface area (Å²) in [7, 11) is 0. The van der Waals surface area contributed by atoms with Gasteiger partial charge in [-0.15, -0.1) is 0 Å². The first-order valence-electron chi connectivity index (χ1n) is 4.51. The maximum absolute atomic E-state index is 7.53. The Kier molecular flexibility index (Phi) is 0.617. The Morgan fingerprint density at radius 3 is 3.40 bits per heavy atom. The quantitative estimate of drug-likeness (QED) is 0.647. The van der Waals surface area contributed by atoms with Gasteiger partial charge in [-0.3, -0.25) is 0 Å². The molecule has 0 amide bonds. The van der Waals surface area contributed by atoms with Crippen molar-refractivity contribution in [3.05, 3.63) is 29.0 Å². The lowest BCUT2D eigenvalue weighted by atomic mass is 10.6. The highest BCUT2D eigenvalue weighted by atomic mass is 79.9. The first kappa shape index (κ1) is 3.00. The normalized spacial score (nSPS) is 16.1. The second kappa shape index (κ2) is 2.05. The van der Waals surface area contributed by atoms with Gasteiger partial charge in [0.05, 0.1) is 5.48 Å². The Balaban J connectivity index is 2.98. The van der Waals surface area contributed by atoms with Gasteiger partial charge in [0.1, 0.15) is 4.60 Å². The van der Waals surface area contributed by atoms with E-state index in [-0.39, 0.29) is 34.7 Å². The molecule has 2 aromatic heterocycles. The molecule has 0 aliphatic heterocycles. The van der Waals surface area contributed by atoms with Crippen molar-refractivity contribution in [3.8, 4) is 0 Å². The molecule has 2 aromatic rings. The zero-order valence-corrected chi connectivity index (χ0v) is 6.31. The fraction of sp³-hybridized carbons (Fsp3) is 0. The first-order valence-corrected chi connectivity index (χ1v) is 3.30. The minimum Gasteiger partial charge on any atom is -0.236 e. The number of aromatic nitrogens is 3. The average Bonchev–Trinajstić information content (AvgIpc) is 2.42. The van der Waals surface area contributed by atoms with Gasteiger partial charge in [0, 0.05) is 12.3 Å². The number of nitrogens with zero attached hydrogens (tertiary/aromatic N) is 3. The van der Waals surface area contributed by atoms with Crippen LogP contribution in [0.5, 0.6) is 0 Å². The van der Waals surface area contributed by atoms with Crippen LogP contribution in [0.15, 0.2) is 29.0 Å². The third kappa shape index (κ3) is 0.806. The number of fused-ring (bicyclic) bond motifs is 1. The van der Waals surface area contributed by atoms with E-state index in [0.29, 0.717) is 0 Å². The largest absolute Gasteiger partial charge is 0.236 e. The molecule has 0 aliphatic rings. The third-order valence-corrected chi connectivity index (χ3v) is 1.34. The van der Waals surface area contributed by atoms with E-state index in [2.05, 4.69) is 26.0 Å². The molecule has 3 nitrogen and oxygen atoms in total. The molecule has 0 aliphatic carbocycles. The molecule has 4 heteroatoms. The molecule has 0 radical (unpaired) electrons. The smallest absolute Gasteiger partial charge is 0.153 e. The molecule has 0 saturated heterocycles. The van der Waals surface area contributed by atoms with E-state index in [4.69, 9.17) is 5.48 Å². The molecule has 0 saturated carbocycles. The van der Waals surface area contributed by atoms with Crippen LogP contribution in [0.2, 0.25) is 0 Å². The summed E-state index contributed by atoms with van der Waals surface area (Å²) in [6.07, 6.45) is -0.433. The number of halogens is 1. The lowest BCUT2D eigenvalue weighted by Crippen LogP contribution is -1.88. The van der Waals surface area contributed by atoms with Crippen LogP contribution in [0.25, 0.3) is 5.65 Å². The van der Waals surface area contributed by atoms with Crippen molar-refractivity contribution in [3.63, 3.8) is 0 Å². The molecule has 2 rings (SSSR count). The number of hydrogen-bond acceptors (Lipinski definition) is 2. The summed E-state index contributed by atoms with van der Waals surface area (Å²) >= 11 is 3.00. The third-order valence-electron chi connectivity index (χ3n) is 0.984. The Labute approximate surface area is 71.4 Å². The SMILES string of the molecule is [2H]c1nc2c([2H])c([2H])c(Br)nn2c1[2H]. The van der Waals surface area contributed by atoms with Gasteiger partial charge in [-0.05, 0) is 28.0 Å². The van der Waals surface area contributed by atoms with E-state index in [0.717, 1.165) is 4.52 Å². The minimum absolute atomic E-state index is 0.0631. The van der Waals surface area contributed by atoms with Crippen molar-refractivity contribution in [2.75, 3.05) is 0 Å². The molecular formula is C6H4BrN3. The summed E-state index contributed by atoms with van der Waals surface area (Å²) in [6.45, 7) is 0. The van der Waals surface area contributed by atoms with Crippen LogP contribution in [0.3, 0.4) is 0 Å². The Bertz CT molecular complexity index is 524. The van der Waals surface area contributed by atoms with Gasteiger partial charge in [-0.2, -0.15) is 5.10 Å². The molecule has 0 fully saturated rings. The van der Waals surface area contributed by atoms with E-state index in [1.165, 1.54) is 0 Å².